The summed E-state index contributed by atoms with van der Waals surface area (Å²) in [6.45, 7) is 1.73. The topological polar surface area (TPSA) is 94.9 Å². The molecule has 0 amide bonds. The second kappa shape index (κ2) is 7.42. The summed E-state index contributed by atoms with van der Waals surface area (Å²) in [5, 5.41) is 17.4. The van der Waals surface area contributed by atoms with Gasteiger partial charge in [-0.2, -0.15) is 4.31 Å². The molecule has 0 bridgehead atoms. The van der Waals surface area contributed by atoms with Crippen LogP contribution < -0.4 is 0 Å². The molecule has 118 valence electrons. The van der Waals surface area contributed by atoms with Crippen LogP contribution in [0.2, 0.25) is 10.0 Å². The molecular formula is C12H15Cl2NO5S. The maximum absolute atomic E-state index is 12.5. The van der Waals surface area contributed by atoms with Crippen molar-refractivity contribution in [2.24, 2.45) is 0 Å². The molecule has 1 aromatic carbocycles. The summed E-state index contributed by atoms with van der Waals surface area (Å²) in [5.74, 6) is -1.36. The third-order valence-corrected chi connectivity index (χ3v) is 5.51. The van der Waals surface area contributed by atoms with Crippen molar-refractivity contribution in [3.63, 3.8) is 0 Å². The molecule has 21 heavy (non-hydrogen) atoms. The van der Waals surface area contributed by atoms with E-state index in [1.54, 1.807) is 6.92 Å². The molecule has 0 saturated heterocycles. The van der Waals surface area contributed by atoms with Gasteiger partial charge in [0.2, 0.25) is 10.0 Å². The van der Waals surface area contributed by atoms with Gasteiger partial charge in [0, 0.05) is 24.7 Å². The third kappa shape index (κ3) is 4.08. The summed E-state index contributed by atoms with van der Waals surface area (Å²) in [4.78, 5) is 10.7. The average Bonchev–Trinajstić information content (AvgIpc) is 2.41. The molecule has 1 aromatic rings. The first-order valence-electron chi connectivity index (χ1n) is 6.09. The predicted molar refractivity (Wildman–Crippen MR) is 79.6 cm³/mol. The number of carbonyl (C=O) groups is 1. The van der Waals surface area contributed by atoms with Gasteiger partial charge in [-0.25, -0.2) is 13.2 Å². The normalized spacial score (nSPS) is 11.9. The van der Waals surface area contributed by atoms with Crippen LogP contribution in [0.5, 0.6) is 0 Å². The molecule has 9 heteroatoms. The Labute approximate surface area is 132 Å². The largest absolute Gasteiger partial charge is 0.478 e. The first-order valence-corrected chi connectivity index (χ1v) is 8.28. The molecule has 0 aromatic heterocycles. The van der Waals surface area contributed by atoms with E-state index in [1.165, 1.54) is 0 Å². The standard InChI is InChI=1S/C12H15Cl2NO5S/c1-2-15(4-3-5-16)21(19,20)10-7-8(13)6-9(11(10)14)12(17)18/h6-7,16H,2-5H2,1H3,(H,17,18). The molecule has 0 heterocycles. The fraction of sp³-hybridized carbons (Fsp3) is 0.417. The van der Waals surface area contributed by atoms with Crippen molar-refractivity contribution >= 4 is 39.2 Å². The Bertz CT molecular complexity index is 633. The van der Waals surface area contributed by atoms with E-state index >= 15 is 0 Å². The van der Waals surface area contributed by atoms with Crippen LogP contribution in [0.1, 0.15) is 23.7 Å². The van der Waals surface area contributed by atoms with Crippen LogP contribution in [0.3, 0.4) is 0 Å². The molecule has 2 N–H and O–H groups in total. The summed E-state index contributed by atoms with van der Waals surface area (Å²) < 4.78 is 26.2. The highest BCUT2D eigenvalue weighted by Gasteiger charge is 2.28. The Balaban J connectivity index is 3.40. The second-order valence-corrected chi connectivity index (χ2v) is 6.87. The minimum Gasteiger partial charge on any atom is -0.478 e. The minimum atomic E-state index is -3.99. The van der Waals surface area contributed by atoms with E-state index in [4.69, 9.17) is 33.4 Å². The molecule has 0 aliphatic carbocycles. The Morgan fingerprint density at radius 2 is 1.95 bits per heavy atom. The molecule has 0 fully saturated rings. The number of hydrogen-bond donors (Lipinski definition) is 2. The average molecular weight is 356 g/mol. The summed E-state index contributed by atoms with van der Waals surface area (Å²) in [6.07, 6.45) is 0.261. The van der Waals surface area contributed by atoms with Crippen molar-refractivity contribution in [2.45, 2.75) is 18.2 Å². The van der Waals surface area contributed by atoms with E-state index < -0.39 is 16.0 Å². The molecule has 1 rings (SSSR count). The molecular weight excluding hydrogens is 341 g/mol. The Morgan fingerprint density at radius 1 is 1.33 bits per heavy atom. The maximum atomic E-state index is 12.5. The van der Waals surface area contributed by atoms with Gasteiger partial charge in [0.1, 0.15) is 4.90 Å². The number of aliphatic hydroxyl groups is 1. The molecule has 0 unspecified atom stereocenters. The number of carboxylic acids is 1. The lowest BCUT2D eigenvalue weighted by molar-refractivity contribution is 0.0697. The number of halogens is 2. The monoisotopic (exact) mass is 355 g/mol. The number of benzene rings is 1. The molecule has 0 aliphatic heterocycles. The zero-order chi connectivity index (χ0) is 16.2. The lowest BCUT2D eigenvalue weighted by atomic mass is 10.2. The SMILES string of the molecule is CCN(CCCO)S(=O)(=O)c1cc(Cl)cc(C(=O)O)c1Cl. The van der Waals surface area contributed by atoms with Crippen LogP contribution in [0.15, 0.2) is 17.0 Å². The van der Waals surface area contributed by atoms with Crippen molar-refractivity contribution in [3.05, 3.63) is 27.7 Å². The highest BCUT2D eigenvalue weighted by atomic mass is 35.5. The number of rotatable bonds is 7. The van der Waals surface area contributed by atoms with Crippen LogP contribution in [-0.4, -0.2) is 48.6 Å². The zero-order valence-electron chi connectivity index (χ0n) is 11.2. The minimum absolute atomic E-state index is 0.0337. The number of sulfonamides is 1. The van der Waals surface area contributed by atoms with Crippen LogP contribution in [0.4, 0.5) is 0 Å². The highest BCUT2D eigenvalue weighted by molar-refractivity contribution is 7.89. The van der Waals surface area contributed by atoms with Gasteiger partial charge in [-0.05, 0) is 18.6 Å². The summed E-state index contributed by atoms with van der Waals surface area (Å²) in [6, 6.07) is 2.21. The number of aliphatic hydroxyl groups excluding tert-OH is 1. The number of hydrogen-bond acceptors (Lipinski definition) is 4. The lowest BCUT2D eigenvalue weighted by Gasteiger charge is -2.21. The van der Waals surface area contributed by atoms with Gasteiger partial charge in [0.25, 0.3) is 0 Å². The van der Waals surface area contributed by atoms with Gasteiger partial charge in [0.15, 0.2) is 0 Å². The third-order valence-electron chi connectivity index (χ3n) is 2.77. The molecule has 0 aliphatic rings. The van der Waals surface area contributed by atoms with E-state index in [1.807, 2.05) is 0 Å². The molecule has 0 atom stereocenters. The summed E-state index contributed by atoms with van der Waals surface area (Å²) >= 11 is 11.7. The molecule has 6 nitrogen and oxygen atoms in total. The van der Waals surface area contributed by atoms with E-state index in [2.05, 4.69) is 0 Å². The number of carboxylic acid groups (broad SMARTS) is 1. The second-order valence-electron chi connectivity index (χ2n) is 4.14. The summed E-state index contributed by atoms with van der Waals surface area (Å²) in [7, 11) is -3.99. The van der Waals surface area contributed by atoms with Crippen LogP contribution in [0.25, 0.3) is 0 Å². The van der Waals surface area contributed by atoms with Crippen molar-refractivity contribution in [3.8, 4) is 0 Å². The van der Waals surface area contributed by atoms with E-state index in [0.29, 0.717) is 0 Å². The Kier molecular flexibility index (Phi) is 6.42. The van der Waals surface area contributed by atoms with Gasteiger partial charge in [0.05, 0.1) is 10.6 Å². The van der Waals surface area contributed by atoms with Gasteiger partial charge in [-0.3, -0.25) is 0 Å². The smallest absolute Gasteiger partial charge is 0.337 e. The van der Waals surface area contributed by atoms with Crippen molar-refractivity contribution in [2.75, 3.05) is 19.7 Å². The first-order chi connectivity index (χ1) is 9.75. The van der Waals surface area contributed by atoms with Gasteiger partial charge < -0.3 is 10.2 Å². The van der Waals surface area contributed by atoms with Crippen LogP contribution >= 0.6 is 23.2 Å². The van der Waals surface area contributed by atoms with E-state index in [-0.39, 0.29) is 46.6 Å². The first kappa shape index (κ1) is 18.2. The van der Waals surface area contributed by atoms with Crippen LogP contribution in [-0.2, 0) is 10.0 Å². The van der Waals surface area contributed by atoms with Crippen LogP contribution in [0, 0.1) is 0 Å². The maximum Gasteiger partial charge on any atom is 0.337 e. The Hall–Kier alpha value is -0.860. The van der Waals surface area contributed by atoms with Gasteiger partial charge in [-0.1, -0.05) is 30.1 Å². The summed E-state index contributed by atoms with van der Waals surface area (Å²) in [5.41, 5.74) is -0.374. The molecule has 0 saturated carbocycles. The fourth-order valence-corrected chi connectivity index (χ4v) is 4.11. The number of nitrogens with zero attached hydrogens (tertiary/aromatic N) is 1. The van der Waals surface area contributed by atoms with Gasteiger partial charge >= 0.3 is 5.97 Å². The van der Waals surface area contributed by atoms with E-state index in [9.17, 15) is 13.2 Å². The van der Waals surface area contributed by atoms with Crippen molar-refractivity contribution < 1.29 is 23.4 Å². The zero-order valence-corrected chi connectivity index (χ0v) is 13.5. The van der Waals surface area contributed by atoms with Gasteiger partial charge in [-0.15, -0.1) is 0 Å². The Morgan fingerprint density at radius 3 is 2.43 bits per heavy atom. The van der Waals surface area contributed by atoms with E-state index in [0.717, 1.165) is 16.4 Å². The molecule has 0 radical (unpaired) electrons. The number of aromatic carboxylic acids is 1. The fourth-order valence-electron chi connectivity index (χ4n) is 1.74. The predicted octanol–water partition coefficient (Wildman–Crippen LogP) is 2.08. The van der Waals surface area contributed by atoms with Crippen molar-refractivity contribution in [1.82, 2.24) is 4.31 Å². The molecule has 0 spiro atoms. The highest BCUT2D eigenvalue weighted by Crippen LogP contribution is 2.31. The van der Waals surface area contributed by atoms with Crippen molar-refractivity contribution in [1.29, 1.82) is 0 Å². The quantitative estimate of drug-likeness (QED) is 0.780. The lowest BCUT2D eigenvalue weighted by Crippen LogP contribution is -2.32.